The summed E-state index contributed by atoms with van der Waals surface area (Å²) in [6.07, 6.45) is 0. The zero-order chi connectivity index (χ0) is 17.1. The second-order valence-electron chi connectivity index (χ2n) is 5.20. The normalized spacial score (nSPS) is 16.5. The number of fused-ring (bicyclic) bond motifs is 1. The fourth-order valence-electron chi connectivity index (χ4n) is 2.56. The summed E-state index contributed by atoms with van der Waals surface area (Å²) in [5, 5.41) is 14.3. The smallest absolute Gasteiger partial charge is 0.338 e. The van der Waals surface area contributed by atoms with E-state index in [-0.39, 0.29) is 13.2 Å². The first kappa shape index (κ1) is 16.1. The topological polar surface area (TPSA) is 91.2 Å². The SMILES string of the molecule is COCCOC(=O)C1=C(C)Nc2nnnn2[C@H]1c1cccc(F)c1. The van der Waals surface area contributed by atoms with Crippen molar-refractivity contribution in [3.05, 3.63) is 46.9 Å². The van der Waals surface area contributed by atoms with Crippen LogP contribution in [0.1, 0.15) is 18.5 Å². The van der Waals surface area contributed by atoms with E-state index < -0.39 is 17.8 Å². The molecule has 0 unspecified atom stereocenters. The number of aromatic nitrogens is 4. The molecule has 126 valence electrons. The highest BCUT2D eigenvalue weighted by molar-refractivity contribution is 5.92. The van der Waals surface area contributed by atoms with Crippen LogP contribution >= 0.6 is 0 Å². The lowest BCUT2D eigenvalue weighted by Gasteiger charge is -2.27. The molecule has 1 aliphatic rings. The minimum absolute atomic E-state index is 0.116. The summed E-state index contributed by atoms with van der Waals surface area (Å²) in [5.74, 6) is -0.576. The number of ether oxygens (including phenoxy) is 2. The van der Waals surface area contributed by atoms with E-state index in [2.05, 4.69) is 20.8 Å². The van der Waals surface area contributed by atoms with Crippen LogP contribution < -0.4 is 5.32 Å². The van der Waals surface area contributed by atoms with Gasteiger partial charge in [-0.1, -0.05) is 17.2 Å². The van der Waals surface area contributed by atoms with Crippen LogP contribution in [-0.2, 0) is 14.3 Å². The molecule has 9 heteroatoms. The average Bonchev–Trinajstić information content (AvgIpc) is 3.01. The molecule has 0 spiro atoms. The molecule has 8 nitrogen and oxygen atoms in total. The maximum Gasteiger partial charge on any atom is 0.338 e. The number of hydrogen-bond donors (Lipinski definition) is 1. The molecule has 0 bridgehead atoms. The Balaban J connectivity index is 2.02. The number of nitrogens with zero attached hydrogens (tertiary/aromatic N) is 4. The molecule has 1 N–H and O–H groups in total. The molecule has 0 radical (unpaired) electrons. The predicted octanol–water partition coefficient (Wildman–Crippen LogP) is 1.29. The Morgan fingerprint density at radius 3 is 3.00 bits per heavy atom. The van der Waals surface area contributed by atoms with Crippen molar-refractivity contribution < 1.29 is 18.7 Å². The highest BCUT2D eigenvalue weighted by Gasteiger charge is 2.35. The average molecular weight is 333 g/mol. The third kappa shape index (κ3) is 2.98. The molecule has 1 aromatic heterocycles. The molecule has 0 fully saturated rings. The number of tetrazole rings is 1. The summed E-state index contributed by atoms with van der Waals surface area (Å²) < 4.78 is 25.2. The molecule has 1 aliphatic heterocycles. The van der Waals surface area contributed by atoms with Crippen LogP contribution in [0.25, 0.3) is 0 Å². The Hall–Kier alpha value is -2.81. The molecule has 24 heavy (non-hydrogen) atoms. The summed E-state index contributed by atoms with van der Waals surface area (Å²) in [5.41, 5.74) is 1.41. The first-order valence-electron chi connectivity index (χ1n) is 7.29. The zero-order valence-corrected chi connectivity index (χ0v) is 13.2. The highest BCUT2D eigenvalue weighted by Crippen LogP contribution is 2.34. The number of benzene rings is 1. The minimum atomic E-state index is -0.679. The molecule has 0 aliphatic carbocycles. The molecule has 1 atom stereocenters. The minimum Gasteiger partial charge on any atom is -0.460 e. The summed E-state index contributed by atoms with van der Waals surface area (Å²) in [4.78, 5) is 12.5. The van der Waals surface area contributed by atoms with E-state index in [0.717, 1.165) is 0 Å². The summed E-state index contributed by atoms with van der Waals surface area (Å²) >= 11 is 0. The van der Waals surface area contributed by atoms with Crippen molar-refractivity contribution in [2.45, 2.75) is 13.0 Å². The zero-order valence-electron chi connectivity index (χ0n) is 13.2. The quantitative estimate of drug-likeness (QED) is 0.651. The predicted molar refractivity (Wildman–Crippen MR) is 81.5 cm³/mol. The van der Waals surface area contributed by atoms with Crippen molar-refractivity contribution in [3.63, 3.8) is 0 Å². The number of hydrogen-bond acceptors (Lipinski definition) is 7. The number of halogens is 1. The summed E-state index contributed by atoms with van der Waals surface area (Å²) in [6, 6.07) is 5.28. The van der Waals surface area contributed by atoms with Crippen molar-refractivity contribution in [2.75, 3.05) is 25.6 Å². The van der Waals surface area contributed by atoms with Crippen LogP contribution in [-0.4, -0.2) is 46.5 Å². The third-order valence-corrected chi connectivity index (χ3v) is 3.62. The van der Waals surface area contributed by atoms with Gasteiger partial charge in [0.15, 0.2) is 0 Å². The van der Waals surface area contributed by atoms with Gasteiger partial charge in [-0.3, -0.25) is 0 Å². The van der Waals surface area contributed by atoms with Crippen molar-refractivity contribution in [1.29, 1.82) is 0 Å². The number of carbonyl (C=O) groups excluding carboxylic acids is 1. The molecule has 0 saturated heterocycles. The highest BCUT2D eigenvalue weighted by atomic mass is 19.1. The number of esters is 1. The standard InChI is InChI=1S/C15H16FN5O3/c1-9-12(14(22)24-7-6-23-2)13(10-4-3-5-11(16)8-10)21-15(17-9)18-19-20-21/h3-5,8,13H,6-7H2,1-2H3,(H,17,18,20)/t13-/m0/s1. The number of carbonyl (C=O) groups is 1. The van der Waals surface area contributed by atoms with Crippen molar-refractivity contribution in [2.24, 2.45) is 0 Å². The van der Waals surface area contributed by atoms with Crippen LogP contribution in [0.15, 0.2) is 35.5 Å². The number of nitrogens with one attached hydrogen (secondary N) is 1. The van der Waals surface area contributed by atoms with Gasteiger partial charge in [-0.05, 0) is 35.0 Å². The monoisotopic (exact) mass is 333 g/mol. The molecule has 3 rings (SSSR count). The molecular formula is C15H16FN5O3. The molecule has 2 heterocycles. The van der Waals surface area contributed by atoms with Gasteiger partial charge < -0.3 is 14.8 Å². The van der Waals surface area contributed by atoms with Gasteiger partial charge in [-0.2, -0.15) is 4.68 Å². The van der Waals surface area contributed by atoms with Gasteiger partial charge in [-0.25, -0.2) is 9.18 Å². The Morgan fingerprint density at radius 1 is 1.42 bits per heavy atom. The fraction of sp³-hybridized carbons (Fsp3) is 0.333. The molecule has 1 aromatic carbocycles. The number of allylic oxidation sites excluding steroid dienone is 1. The Labute approximate surface area is 137 Å². The molecule has 0 amide bonds. The third-order valence-electron chi connectivity index (χ3n) is 3.62. The van der Waals surface area contributed by atoms with Crippen LogP contribution in [0.5, 0.6) is 0 Å². The van der Waals surface area contributed by atoms with E-state index in [1.54, 1.807) is 19.1 Å². The van der Waals surface area contributed by atoms with Gasteiger partial charge in [0.25, 0.3) is 0 Å². The van der Waals surface area contributed by atoms with Crippen LogP contribution in [0.3, 0.4) is 0 Å². The second-order valence-corrected chi connectivity index (χ2v) is 5.20. The lowest BCUT2D eigenvalue weighted by Crippen LogP contribution is -2.30. The van der Waals surface area contributed by atoms with Gasteiger partial charge in [-0.15, -0.1) is 0 Å². The van der Waals surface area contributed by atoms with Gasteiger partial charge in [0.2, 0.25) is 5.95 Å². The van der Waals surface area contributed by atoms with Crippen LogP contribution in [0, 0.1) is 5.82 Å². The Morgan fingerprint density at radius 2 is 2.25 bits per heavy atom. The summed E-state index contributed by atoms with van der Waals surface area (Å²) in [7, 11) is 1.52. The Bertz CT molecular complexity index is 789. The summed E-state index contributed by atoms with van der Waals surface area (Å²) in [6.45, 7) is 2.12. The molecule has 2 aromatic rings. The Kier molecular flexibility index (Phi) is 4.52. The van der Waals surface area contributed by atoms with E-state index in [1.807, 2.05) is 0 Å². The lowest BCUT2D eigenvalue weighted by atomic mass is 9.96. The van der Waals surface area contributed by atoms with Gasteiger partial charge in [0.1, 0.15) is 18.5 Å². The van der Waals surface area contributed by atoms with Crippen LogP contribution in [0.2, 0.25) is 0 Å². The fourth-order valence-corrected chi connectivity index (χ4v) is 2.56. The number of anilines is 1. The first-order chi connectivity index (χ1) is 11.6. The maximum atomic E-state index is 13.7. The van der Waals surface area contributed by atoms with Crippen molar-refractivity contribution in [3.8, 4) is 0 Å². The first-order valence-corrected chi connectivity index (χ1v) is 7.29. The van der Waals surface area contributed by atoms with E-state index in [9.17, 15) is 9.18 Å². The van der Waals surface area contributed by atoms with E-state index in [4.69, 9.17) is 9.47 Å². The number of methoxy groups -OCH3 is 1. The van der Waals surface area contributed by atoms with Gasteiger partial charge in [0.05, 0.1) is 12.2 Å². The van der Waals surface area contributed by atoms with E-state index >= 15 is 0 Å². The maximum absolute atomic E-state index is 13.7. The number of rotatable bonds is 5. The largest absolute Gasteiger partial charge is 0.460 e. The lowest BCUT2D eigenvalue weighted by molar-refractivity contribution is -0.140. The van der Waals surface area contributed by atoms with Crippen LogP contribution in [0.4, 0.5) is 10.3 Å². The molecular weight excluding hydrogens is 317 g/mol. The molecule has 0 saturated carbocycles. The van der Waals surface area contributed by atoms with E-state index in [0.29, 0.717) is 22.8 Å². The van der Waals surface area contributed by atoms with Gasteiger partial charge >= 0.3 is 5.97 Å². The van der Waals surface area contributed by atoms with Gasteiger partial charge in [0, 0.05) is 12.8 Å². The van der Waals surface area contributed by atoms with E-state index in [1.165, 1.54) is 23.9 Å². The second kappa shape index (κ2) is 6.75. The van der Waals surface area contributed by atoms with Crippen molar-refractivity contribution in [1.82, 2.24) is 20.2 Å². The van der Waals surface area contributed by atoms with Crippen molar-refractivity contribution >= 4 is 11.9 Å².